The van der Waals surface area contributed by atoms with Crippen LogP contribution in [0.3, 0.4) is 0 Å². The van der Waals surface area contributed by atoms with E-state index in [1.807, 2.05) is 0 Å². The van der Waals surface area contributed by atoms with Crippen molar-refractivity contribution in [1.82, 2.24) is 0 Å². The quantitative estimate of drug-likeness (QED) is 0.874. The van der Waals surface area contributed by atoms with Gasteiger partial charge in [-0.3, -0.25) is 0 Å². The molecule has 0 bridgehead atoms. The van der Waals surface area contributed by atoms with Gasteiger partial charge in [0.15, 0.2) is 0 Å². The van der Waals surface area contributed by atoms with E-state index in [2.05, 4.69) is 15.9 Å². The highest BCUT2D eigenvalue weighted by Gasteiger charge is 2.16. The summed E-state index contributed by atoms with van der Waals surface area (Å²) in [5.41, 5.74) is -0.162. The summed E-state index contributed by atoms with van der Waals surface area (Å²) in [6, 6.07) is 8.39. The van der Waals surface area contributed by atoms with Gasteiger partial charge in [0, 0.05) is 10.5 Å². The molecule has 0 radical (unpaired) electrons. The number of halogens is 3. The molecule has 0 amide bonds. The maximum absolute atomic E-state index is 13.2. The molecule has 1 N–H and O–H groups in total. The number of hydrogen-bond acceptors (Lipinski definition) is 2. The predicted molar refractivity (Wildman–Crippen MR) is 72.6 cm³/mol. The number of hydrogen-bond donors (Lipinski definition) is 1. The van der Waals surface area contributed by atoms with E-state index < -0.39 is 11.8 Å². The van der Waals surface area contributed by atoms with Crippen LogP contribution in [0.5, 0.6) is 11.5 Å². The van der Waals surface area contributed by atoms with Crippen molar-refractivity contribution in [3.63, 3.8) is 0 Å². The molecule has 2 aromatic carbocycles. The summed E-state index contributed by atoms with van der Waals surface area (Å²) in [6.07, 6.45) is 0. The summed E-state index contributed by atoms with van der Waals surface area (Å²) in [5.74, 6) is -1.48. The summed E-state index contributed by atoms with van der Waals surface area (Å²) in [5, 5.41) is 9.14. The lowest BCUT2D eigenvalue weighted by molar-refractivity contribution is 0.0694. The van der Waals surface area contributed by atoms with Crippen LogP contribution in [0.25, 0.3) is 0 Å². The molecule has 3 nitrogen and oxygen atoms in total. The number of carboxylic acid groups (broad SMARTS) is 1. The molecule has 0 aliphatic carbocycles. The van der Waals surface area contributed by atoms with E-state index >= 15 is 0 Å². The fourth-order valence-electron chi connectivity index (χ4n) is 1.51. The van der Waals surface area contributed by atoms with E-state index in [4.69, 9.17) is 21.4 Å². The van der Waals surface area contributed by atoms with Gasteiger partial charge in [-0.2, -0.15) is 0 Å². The predicted octanol–water partition coefficient (Wildman–Crippen LogP) is 4.73. The summed E-state index contributed by atoms with van der Waals surface area (Å²) in [6.45, 7) is 0. The zero-order valence-electron chi connectivity index (χ0n) is 9.36. The Bertz CT molecular complexity index is 626. The lowest BCUT2D eigenvalue weighted by atomic mass is 10.2. The first-order valence-corrected chi connectivity index (χ1v) is 6.30. The fourth-order valence-corrected chi connectivity index (χ4v) is 2.20. The maximum atomic E-state index is 13.2. The standard InChI is InChI=1S/C13H7BrClFO3/c14-7-4-8(16)6-9(5-7)19-11-3-1-2-10(15)12(11)13(17)18/h1-6H,(H,17,18). The second-order valence-corrected chi connectivity index (χ2v) is 4.95. The third-order valence-corrected chi connectivity index (χ3v) is 3.03. The number of aromatic carboxylic acids is 1. The van der Waals surface area contributed by atoms with Gasteiger partial charge in [0.1, 0.15) is 22.9 Å². The smallest absolute Gasteiger partial charge is 0.341 e. The molecule has 0 aliphatic rings. The van der Waals surface area contributed by atoms with Crippen LogP contribution in [0.1, 0.15) is 10.4 Å². The van der Waals surface area contributed by atoms with E-state index in [-0.39, 0.29) is 22.1 Å². The number of ether oxygens (including phenoxy) is 1. The third-order valence-electron chi connectivity index (χ3n) is 2.25. The van der Waals surface area contributed by atoms with Crippen molar-refractivity contribution in [3.05, 3.63) is 57.3 Å². The molecule has 0 spiro atoms. The van der Waals surface area contributed by atoms with E-state index in [0.29, 0.717) is 4.47 Å². The zero-order valence-corrected chi connectivity index (χ0v) is 11.7. The topological polar surface area (TPSA) is 46.5 Å². The Kier molecular flexibility index (Phi) is 4.07. The van der Waals surface area contributed by atoms with Crippen molar-refractivity contribution < 1.29 is 19.0 Å². The Hall–Kier alpha value is -1.59. The van der Waals surface area contributed by atoms with Gasteiger partial charge in [-0.15, -0.1) is 0 Å². The molecule has 0 fully saturated rings. The van der Waals surface area contributed by atoms with Crippen LogP contribution in [-0.4, -0.2) is 11.1 Å². The number of rotatable bonds is 3. The third kappa shape index (κ3) is 3.24. The molecule has 6 heteroatoms. The van der Waals surface area contributed by atoms with Crippen LogP contribution in [0.15, 0.2) is 40.9 Å². The number of carbonyl (C=O) groups is 1. The fraction of sp³-hybridized carbons (Fsp3) is 0. The highest BCUT2D eigenvalue weighted by atomic mass is 79.9. The van der Waals surface area contributed by atoms with Gasteiger partial charge < -0.3 is 9.84 Å². The van der Waals surface area contributed by atoms with Crippen molar-refractivity contribution >= 4 is 33.5 Å². The molecule has 0 aromatic heterocycles. The molecular weight excluding hydrogens is 338 g/mol. The Balaban J connectivity index is 2.43. The van der Waals surface area contributed by atoms with Crippen LogP contribution in [0.2, 0.25) is 5.02 Å². The van der Waals surface area contributed by atoms with Crippen LogP contribution in [0.4, 0.5) is 4.39 Å². The van der Waals surface area contributed by atoms with Gasteiger partial charge in [0.25, 0.3) is 0 Å². The average molecular weight is 346 g/mol. The molecule has 98 valence electrons. The Morgan fingerprint density at radius 1 is 1.32 bits per heavy atom. The highest BCUT2D eigenvalue weighted by molar-refractivity contribution is 9.10. The maximum Gasteiger partial charge on any atom is 0.341 e. The summed E-state index contributed by atoms with van der Waals surface area (Å²) in [4.78, 5) is 11.1. The van der Waals surface area contributed by atoms with E-state index in [1.165, 1.54) is 24.3 Å². The SMILES string of the molecule is O=C(O)c1c(Cl)cccc1Oc1cc(F)cc(Br)c1. The molecule has 0 unspecified atom stereocenters. The van der Waals surface area contributed by atoms with Gasteiger partial charge in [-0.25, -0.2) is 9.18 Å². The molecule has 0 saturated heterocycles. The first-order chi connectivity index (χ1) is 8.97. The normalized spacial score (nSPS) is 10.3. The van der Waals surface area contributed by atoms with Gasteiger partial charge in [-0.05, 0) is 24.3 Å². The Morgan fingerprint density at radius 2 is 2.05 bits per heavy atom. The van der Waals surface area contributed by atoms with Gasteiger partial charge in [0.2, 0.25) is 0 Å². The van der Waals surface area contributed by atoms with Crippen molar-refractivity contribution in [1.29, 1.82) is 0 Å². The zero-order chi connectivity index (χ0) is 14.0. The van der Waals surface area contributed by atoms with Gasteiger partial charge in [-0.1, -0.05) is 33.6 Å². The van der Waals surface area contributed by atoms with Crippen LogP contribution < -0.4 is 4.74 Å². The first-order valence-electron chi connectivity index (χ1n) is 5.13. The molecule has 2 aromatic rings. The molecule has 0 aliphatic heterocycles. The second kappa shape index (κ2) is 5.59. The molecule has 0 saturated carbocycles. The largest absolute Gasteiger partial charge is 0.478 e. The van der Waals surface area contributed by atoms with Gasteiger partial charge in [0.05, 0.1) is 5.02 Å². The molecule has 0 atom stereocenters. The molecule has 2 rings (SSSR count). The minimum absolute atomic E-state index is 0.0532. The lowest BCUT2D eigenvalue weighted by Gasteiger charge is -2.10. The second-order valence-electron chi connectivity index (χ2n) is 3.63. The average Bonchev–Trinajstić information content (AvgIpc) is 2.26. The number of carboxylic acids is 1. The molecule has 19 heavy (non-hydrogen) atoms. The Labute approximate surface area is 121 Å². The van der Waals surface area contributed by atoms with E-state index in [1.54, 1.807) is 6.07 Å². The van der Waals surface area contributed by atoms with Crippen molar-refractivity contribution in [2.45, 2.75) is 0 Å². The van der Waals surface area contributed by atoms with Crippen molar-refractivity contribution in [2.24, 2.45) is 0 Å². The van der Waals surface area contributed by atoms with Crippen LogP contribution in [-0.2, 0) is 0 Å². The Morgan fingerprint density at radius 3 is 2.68 bits per heavy atom. The molecule has 0 heterocycles. The summed E-state index contributed by atoms with van der Waals surface area (Å²) in [7, 11) is 0. The lowest BCUT2D eigenvalue weighted by Crippen LogP contribution is -2.01. The van der Waals surface area contributed by atoms with E-state index in [9.17, 15) is 9.18 Å². The minimum Gasteiger partial charge on any atom is -0.478 e. The van der Waals surface area contributed by atoms with Crippen molar-refractivity contribution in [2.75, 3.05) is 0 Å². The van der Waals surface area contributed by atoms with Crippen molar-refractivity contribution in [3.8, 4) is 11.5 Å². The minimum atomic E-state index is -1.21. The summed E-state index contributed by atoms with van der Waals surface area (Å²) < 4.78 is 19.1. The van der Waals surface area contributed by atoms with Gasteiger partial charge >= 0.3 is 5.97 Å². The summed E-state index contributed by atoms with van der Waals surface area (Å²) >= 11 is 8.93. The highest BCUT2D eigenvalue weighted by Crippen LogP contribution is 2.31. The monoisotopic (exact) mass is 344 g/mol. The number of benzene rings is 2. The van der Waals surface area contributed by atoms with E-state index in [0.717, 1.165) is 6.07 Å². The first kappa shape index (κ1) is 13.8. The van der Waals surface area contributed by atoms with Crippen LogP contribution >= 0.6 is 27.5 Å². The molecular formula is C13H7BrClFO3. The van der Waals surface area contributed by atoms with Crippen LogP contribution in [0, 0.1) is 5.82 Å².